The van der Waals surface area contributed by atoms with Crippen molar-refractivity contribution in [1.29, 1.82) is 0 Å². The molecule has 124 valence electrons. The molecule has 0 aliphatic carbocycles. The molecule has 7 heteroatoms. The highest BCUT2D eigenvalue weighted by atomic mass is 16.5. The number of hydrogen-bond acceptors (Lipinski definition) is 6. The van der Waals surface area contributed by atoms with Gasteiger partial charge in [0.15, 0.2) is 11.5 Å². The molecule has 0 aliphatic rings. The van der Waals surface area contributed by atoms with Gasteiger partial charge in [0.1, 0.15) is 0 Å². The Morgan fingerprint density at radius 3 is 2.61 bits per heavy atom. The number of carbonyl (C=O) groups is 1. The van der Waals surface area contributed by atoms with Crippen LogP contribution in [0.25, 0.3) is 11.4 Å². The molecule has 1 amide bonds. The second-order valence-corrected chi connectivity index (χ2v) is 5.22. The number of aromatic nitrogens is 2. The van der Waals surface area contributed by atoms with Gasteiger partial charge in [0, 0.05) is 32.5 Å². The molecular weight excluding hydrogens is 298 g/mol. The van der Waals surface area contributed by atoms with Crippen LogP contribution in [0.15, 0.2) is 22.7 Å². The normalized spacial score (nSPS) is 10.4. The Hall–Kier alpha value is -2.57. The van der Waals surface area contributed by atoms with Gasteiger partial charge in [-0.15, -0.1) is 0 Å². The van der Waals surface area contributed by atoms with Crippen molar-refractivity contribution in [3.05, 3.63) is 24.1 Å². The van der Waals surface area contributed by atoms with Crippen molar-refractivity contribution >= 4 is 5.91 Å². The van der Waals surface area contributed by atoms with E-state index in [2.05, 4.69) is 10.1 Å². The summed E-state index contributed by atoms with van der Waals surface area (Å²) in [4.78, 5) is 17.5. The maximum atomic E-state index is 11.5. The molecule has 0 N–H and O–H groups in total. The monoisotopic (exact) mass is 319 g/mol. The molecule has 0 unspecified atom stereocenters. The van der Waals surface area contributed by atoms with Crippen LogP contribution in [0.2, 0.25) is 0 Å². The zero-order chi connectivity index (χ0) is 16.8. The highest BCUT2D eigenvalue weighted by Gasteiger charge is 2.12. The Balaban J connectivity index is 2.03. The molecule has 2 aromatic rings. The smallest absolute Gasteiger partial charge is 0.226 e. The van der Waals surface area contributed by atoms with Gasteiger partial charge in [-0.05, 0) is 24.6 Å². The van der Waals surface area contributed by atoms with Crippen LogP contribution < -0.4 is 9.47 Å². The number of carbonyl (C=O) groups excluding carboxylic acids is 1. The lowest BCUT2D eigenvalue weighted by Gasteiger charge is -2.08. The quantitative estimate of drug-likeness (QED) is 0.778. The predicted octanol–water partition coefficient (Wildman–Crippen LogP) is 2.16. The van der Waals surface area contributed by atoms with Gasteiger partial charge in [-0.1, -0.05) is 5.16 Å². The van der Waals surface area contributed by atoms with Gasteiger partial charge in [-0.2, -0.15) is 4.98 Å². The molecule has 1 aromatic heterocycles. The standard InChI is InChI=1S/C16H21N3O4/c1-19(2)15(20)7-5-6-14-17-16(18-23-14)11-8-9-12(21-3)13(10-11)22-4/h8-10H,5-7H2,1-4H3. The molecule has 0 bridgehead atoms. The van der Waals surface area contributed by atoms with E-state index in [1.807, 2.05) is 6.07 Å². The maximum Gasteiger partial charge on any atom is 0.226 e. The van der Waals surface area contributed by atoms with Crippen LogP contribution in [0.5, 0.6) is 11.5 Å². The van der Waals surface area contributed by atoms with Gasteiger partial charge < -0.3 is 18.9 Å². The Labute approximate surface area is 135 Å². The molecule has 0 radical (unpaired) electrons. The summed E-state index contributed by atoms with van der Waals surface area (Å²) < 4.78 is 15.7. The van der Waals surface area contributed by atoms with E-state index in [0.717, 1.165) is 5.56 Å². The Kier molecular flexibility index (Phi) is 5.56. The lowest BCUT2D eigenvalue weighted by Crippen LogP contribution is -2.21. The molecule has 0 saturated heterocycles. The first-order chi connectivity index (χ1) is 11.0. The number of hydrogen-bond donors (Lipinski definition) is 0. The summed E-state index contributed by atoms with van der Waals surface area (Å²) in [5.41, 5.74) is 0.780. The van der Waals surface area contributed by atoms with Crippen LogP contribution in [0.1, 0.15) is 18.7 Å². The Morgan fingerprint density at radius 2 is 1.96 bits per heavy atom. The van der Waals surface area contributed by atoms with E-state index in [-0.39, 0.29) is 5.91 Å². The van der Waals surface area contributed by atoms with Gasteiger partial charge in [0.05, 0.1) is 14.2 Å². The van der Waals surface area contributed by atoms with Crippen LogP contribution in [0.4, 0.5) is 0 Å². The van der Waals surface area contributed by atoms with Crippen LogP contribution in [0, 0.1) is 0 Å². The van der Waals surface area contributed by atoms with Gasteiger partial charge >= 0.3 is 0 Å². The van der Waals surface area contributed by atoms with E-state index >= 15 is 0 Å². The largest absolute Gasteiger partial charge is 0.493 e. The van der Waals surface area contributed by atoms with E-state index in [1.54, 1.807) is 45.3 Å². The molecule has 0 fully saturated rings. The molecule has 1 aromatic carbocycles. The summed E-state index contributed by atoms with van der Waals surface area (Å²) in [5, 5.41) is 3.97. The second-order valence-electron chi connectivity index (χ2n) is 5.22. The van der Waals surface area contributed by atoms with Crippen molar-refractivity contribution in [2.75, 3.05) is 28.3 Å². The molecular formula is C16H21N3O4. The van der Waals surface area contributed by atoms with Crippen molar-refractivity contribution in [3.8, 4) is 22.9 Å². The summed E-state index contributed by atoms with van der Waals surface area (Å²) in [5.74, 6) is 2.33. The summed E-state index contributed by atoms with van der Waals surface area (Å²) in [6.45, 7) is 0. The first kappa shape index (κ1) is 16.8. The van der Waals surface area contributed by atoms with Crippen molar-refractivity contribution in [1.82, 2.24) is 15.0 Å². The van der Waals surface area contributed by atoms with E-state index in [9.17, 15) is 4.79 Å². The average Bonchev–Trinajstić information content (AvgIpc) is 3.02. The number of ether oxygens (including phenoxy) is 2. The summed E-state index contributed by atoms with van der Waals surface area (Å²) >= 11 is 0. The fourth-order valence-corrected chi connectivity index (χ4v) is 2.06. The van der Waals surface area contributed by atoms with E-state index in [1.165, 1.54) is 0 Å². The summed E-state index contributed by atoms with van der Waals surface area (Å²) in [6.07, 6.45) is 1.70. The molecule has 0 aliphatic heterocycles. The predicted molar refractivity (Wildman–Crippen MR) is 84.5 cm³/mol. The molecule has 2 rings (SSSR count). The van der Waals surface area contributed by atoms with Crippen LogP contribution in [-0.2, 0) is 11.2 Å². The van der Waals surface area contributed by atoms with E-state index in [4.69, 9.17) is 14.0 Å². The minimum Gasteiger partial charge on any atom is -0.493 e. The zero-order valence-electron chi connectivity index (χ0n) is 13.8. The third-order valence-electron chi connectivity index (χ3n) is 3.39. The van der Waals surface area contributed by atoms with Crippen molar-refractivity contribution < 1.29 is 18.8 Å². The number of methoxy groups -OCH3 is 2. The van der Waals surface area contributed by atoms with Crippen LogP contribution in [-0.4, -0.2) is 49.3 Å². The molecule has 0 spiro atoms. The zero-order valence-corrected chi connectivity index (χ0v) is 13.8. The summed E-state index contributed by atoms with van der Waals surface area (Å²) in [6, 6.07) is 5.43. The molecule has 23 heavy (non-hydrogen) atoms. The third-order valence-corrected chi connectivity index (χ3v) is 3.39. The second kappa shape index (κ2) is 7.62. The number of nitrogens with zero attached hydrogens (tertiary/aromatic N) is 3. The fraction of sp³-hybridized carbons (Fsp3) is 0.438. The molecule has 1 heterocycles. The van der Waals surface area contributed by atoms with E-state index < -0.39 is 0 Å². The third kappa shape index (κ3) is 4.21. The van der Waals surface area contributed by atoms with Crippen LogP contribution >= 0.6 is 0 Å². The van der Waals surface area contributed by atoms with Gasteiger partial charge in [0.2, 0.25) is 17.6 Å². The van der Waals surface area contributed by atoms with Crippen molar-refractivity contribution in [3.63, 3.8) is 0 Å². The molecule has 0 atom stereocenters. The Morgan fingerprint density at radius 1 is 1.22 bits per heavy atom. The first-order valence-corrected chi connectivity index (χ1v) is 7.30. The lowest BCUT2D eigenvalue weighted by atomic mass is 10.2. The van der Waals surface area contributed by atoms with Gasteiger partial charge in [0.25, 0.3) is 0 Å². The van der Waals surface area contributed by atoms with Crippen molar-refractivity contribution in [2.45, 2.75) is 19.3 Å². The highest BCUT2D eigenvalue weighted by molar-refractivity contribution is 5.75. The van der Waals surface area contributed by atoms with Gasteiger partial charge in [-0.3, -0.25) is 4.79 Å². The lowest BCUT2D eigenvalue weighted by molar-refractivity contribution is -0.128. The first-order valence-electron chi connectivity index (χ1n) is 7.30. The van der Waals surface area contributed by atoms with Crippen LogP contribution in [0.3, 0.4) is 0 Å². The number of amides is 1. The topological polar surface area (TPSA) is 77.7 Å². The minimum absolute atomic E-state index is 0.0876. The average molecular weight is 319 g/mol. The highest BCUT2D eigenvalue weighted by Crippen LogP contribution is 2.31. The molecule has 0 saturated carbocycles. The molecule has 7 nitrogen and oxygen atoms in total. The van der Waals surface area contributed by atoms with Gasteiger partial charge in [-0.25, -0.2) is 0 Å². The maximum absolute atomic E-state index is 11.5. The number of rotatable bonds is 7. The number of aryl methyl sites for hydroxylation is 1. The Bertz CT molecular complexity index is 667. The SMILES string of the molecule is COc1ccc(-c2noc(CCCC(=O)N(C)C)n2)cc1OC. The van der Waals surface area contributed by atoms with E-state index in [0.29, 0.717) is 42.5 Å². The number of benzene rings is 1. The summed E-state index contributed by atoms with van der Waals surface area (Å²) in [7, 11) is 6.64. The van der Waals surface area contributed by atoms with Crippen molar-refractivity contribution in [2.24, 2.45) is 0 Å². The fourth-order valence-electron chi connectivity index (χ4n) is 2.06. The minimum atomic E-state index is 0.0876.